The monoisotopic (exact) mass is 460 g/mol. The fourth-order valence-electron chi connectivity index (χ4n) is 3.47. The molecule has 0 aliphatic heterocycles. The Morgan fingerprint density at radius 2 is 1.62 bits per heavy atom. The summed E-state index contributed by atoms with van der Waals surface area (Å²) in [5.74, 6) is -0.424. The normalized spacial score (nSPS) is 14.5. The zero-order valence-electron chi connectivity index (χ0n) is 18.0. The van der Waals surface area contributed by atoms with Gasteiger partial charge in [-0.3, -0.25) is 4.79 Å². The summed E-state index contributed by atoms with van der Waals surface area (Å²) in [5.41, 5.74) is 0.913. The van der Waals surface area contributed by atoms with E-state index in [2.05, 4.69) is 10.0 Å². The van der Waals surface area contributed by atoms with E-state index >= 15 is 0 Å². The van der Waals surface area contributed by atoms with Crippen molar-refractivity contribution < 1.29 is 27.5 Å². The number of esters is 1. The van der Waals surface area contributed by atoms with Crippen LogP contribution >= 0.6 is 0 Å². The molecule has 1 aliphatic rings. The molecule has 2 N–H and O–H groups in total. The van der Waals surface area contributed by atoms with Crippen LogP contribution in [-0.4, -0.2) is 39.5 Å². The Morgan fingerprint density at radius 3 is 2.25 bits per heavy atom. The van der Waals surface area contributed by atoms with Gasteiger partial charge in [0.25, 0.3) is 5.91 Å². The van der Waals surface area contributed by atoms with Gasteiger partial charge in [-0.1, -0.05) is 19.3 Å². The molecule has 0 unspecified atom stereocenters. The second-order valence-electron chi connectivity index (χ2n) is 7.56. The van der Waals surface area contributed by atoms with Crippen LogP contribution in [-0.2, 0) is 19.6 Å². The van der Waals surface area contributed by atoms with Crippen molar-refractivity contribution in [3.05, 3.63) is 54.1 Å². The fraction of sp³-hybridized carbons (Fsp3) is 0.391. The number of rotatable bonds is 9. The lowest BCUT2D eigenvalue weighted by atomic mass is 9.96. The van der Waals surface area contributed by atoms with Crippen molar-refractivity contribution in [2.75, 3.05) is 18.5 Å². The maximum atomic E-state index is 12.5. The summed E-state index contributed by atoms with van der Waals surface area (Å²) in [5, 5.41) is 2.67. The summed E-state index contributed by atoms with van der Waals surface area (Å²) >= 11 is 0. The third-order valence-electron chi connectivity index (χ3n) is 5.11. The molecule has 1 aliphatic carbocycles. The molecule has 32 heavy (non-hydrogen) atoms. The van der Waals surface area contributed by atoms with E-state index < -0.39 is 16.0 Å². The third-order valence-corrected chi connectivity index (χ3v) is 6.65. The van der Waals surface area contributed by atoms with Crippen molar-refractivity contribution in [2.24, 2.45) is 0 Å². The van der Waals surface area contributed by atoms with Gasteiger partial charge in [0.1, 0.15) is 5.75 Å². The number of hydrogen-bond donors (Lipinski definition) is 2. The minimum absolute atomic E-state index is 0.0141. The van der Waals surface area contributed by atoms with Gasteiger partial charge in [0, 0.05) is 11.7 Å². The molecule has 8 nitrogen and oxygen atoms in total. The second-order valence-corrected chi connectivity index (χ2v) is 9.28. The summed E-state index contributed by atoms with van der Waals surface area (Å²) in [6.07, 6.45) is 4.95. The average Bonchev–Trinajstić information content (AvgIpc) is 2.79. The number of benzene rings is 2. The highest BCUT2D eigenvalue weighted by Gasteiger charge is 2.21. The van der Waals surface area contributed by atoms with Crippen molar-refractivity contribution >= 4 is 27.6 Å². The van der Waals surface area contributed by atoms with Crippen molar-refractivity contribution in [1.82, 2.24) is 4.72 Å². The van der Waals surface area contributed by atoms with Gasteiger partial charge >= 0.3 is 5.97 Å². The molecule has 0 heterocycles. The predicted octanol–water partition coefficient (Wildman–Crippen LogP) is 3.49. The van der Waals surface area contributed by atoms with Crippen LogP contribution in [0.25, 0.3) is 0 Å². The van der Waals surface area contributed by atoms with Crippen LogP contribution in [0.3, 0.4) is 0 Å². The molecular weight excluding hydrogens is 432 g/mol. The molecule has 1 amide bonds. The minimum atomic E-state index is -3.58. The van der Waals surface area contributed by atoms with Crippen LogP contribution in [0.2, 0.25) is 0 Å². The van der Waals surface area contributed by atoms with Crippen LogP contribution in [0, 0.1) is 0 Å². The number of sulfonamides is 1. The molecule has 0 radical (unpaired) electrons. The van der Waals surface area contributed by atoms with Gasteiger partial charge in [0.15, 0.2) is 6.61 Å². The summed E-state index contributed by atoms with van der Waals surface area (Å²) in [6.45, 7) is 1.78. The number of ether oxygens (including phenoxy) is 2. The van der Waals surface area contributed by atoms with Gasteiger partial charge in [0.2, 0.25) is 10.0 Å². The van der Waals surface area contributed by atoms with E-state index in [0.717, 1.165) is 32.1 Å². The van der Waals surface area contributed by atoms with Crippen molar-refractivity contribution in [3.8, 4) is 5.75 Å². The third kappa shape index (κ3) is 6.80. The van der Waals surface area contributed by atoms with Crippen molar-refractivity contribution in [1.29, 1.82) is 0 Å². The Morgan fingerprint density at radius 1 is 0.969 bits per heavy atom. The van der Waals surface area contributed by atoms with Crippen LogP contribution < -0.4 is 14.8 Å². The Hall–Kier alpha value is -2.91. The van der Waals surface area contributed by atoms with E-state index in [1.807, 2.05) is 0 Å². The molecule has 9 heteroatoms. The number of carbonyl (C=O) groups is 2. The van der Waals surface area contributed by atoms with E-state index in [4.69, 9.17) is 9.47 Å². The average molecular weight is 461 g/mol. The molecule has 1 saturated carbocycles. The minimum Gasteiger partial charge on any atom is -0.484 e. The van der Waals surface area contributed by atoms with E-state index in [9.17, 15) is 18.0 Å². The fourth-order valence-corrected chi connectivity index (χ4v) is 4.78. The van der Waals surface area contributed by atoms with Gasteiger partial charge in [0.05, 0.1) is 17.1 Å². The number of hydrogen-bond acceptors (Lipinski definition) is 6. The van der Waals surface area contributed by atoms with Gasteiger partial charge in [-0.25, -0.2) is 17.9 Å². The highest BCUT2D eigenvalue weighted by Crippen LogP contribution is 2.21. The van der Waals surface area contributed by atoms with Gasteiger partial charge < -0.3 is 14.8 Å². The van der Waals surface area contributed by atoms with Crippen molar-refractivity contribution in [3.63, 3.8) is 0 Å². The molecular formula is C23H28N2O6S. The summed E-state index contributed by atoms with van der Waals surface area (Å²) in [7, 11) is -3.58. The van der Waals surface area contributed by atoms with Gasteiger partial charge in [-0.2, -0.15) is 0 Å². The molecule has 2 aromatic rings. The molecule has 3 rings (SSSR count). The number of nitrogens with one attached hydrogen (secondary N) is 2. The Balaban J connectivity index is 1.49. The zero-order valence-corrected chi connectivity index (χ0v) is 18.8. The van der Waals surface area contributed by atoms with E-state index in [1.165, 1.54) is 24.3 Å². The molecule has 1 fully saturated rings. The Bertz CT molecular complexity index is 1010. The molecule has 0 saturated heterocycles. The van der Waals surface area contributed by atoms with E-state index in [1.54, 1.807) is 31.2 Å². The molecule has 0 aromatic heterocycles. The summed E-state index contributed by atoms with van der Waals surface area (Å²) in [6, 6.07) is 12.3. The van der Waals surface area contributed by atoms with Crippen LogP contribution in [0.4, 0.5) is 5.69 Å². The standard InChI is InChI=1S/C23H28N2O6S/c1-2-30-23(27)17-8-10-18(11-9-17)24-22(26)16-31-20-12-14-21(15-13-20)32(28,29)25-19-6-4-3-5-7-19/h8-15,19,25H,2-7,16H2,1H3,(H,24,26). The maximum absolute atomic E-state index is 12.5. The maximum Gasteiger partial charge on any atom is 0.338 e. The Kier molecular flexibility index (Phi) is 8.24. The van der Waals surface area contributed by atoms with E-state index in [0.29, 0.717) is 23.6 Å². The second kappa shape index (κ2) is 11.1. The van der Waals surface area contributed by atoms with Gasteiger partial charge in [-0.15, -0.1) is 0 Å². The topological polar surface area (TPSA) is 111 Å². The van der Waals surface area contributed by atoms with Gasteiger partial charge in [-0.05, 0) is 68.3 Å². The molecule has 0 atom stereocenters. The highest BCUT2D eigenvalue weighted by atomic mass is 32.2. The van der Waals surface area contributed by atoms with E-state index in [-0.39, 0.29) is 23.5 Å². The molecule has 0 bridgehead atoms. The van der Waals surface area contributed by atoms with Crippen LogP contribution in [0.15, 0.2) is 53.4 Å². The first-order valence-electron chi connectivity index (χ1n) is 10.7. The summed E-state index contributed by atoms with van der Waals surface area (Å²) < 4.78 is 38.2. The first kappa shape index (κ1) is 23.7. The SMILES string of the molecule is CCOC(=O)c1ccc(NC(=O)COc2ccc(S(=O)(=O)NC3CCCCC3)cc2)cc1. The lowest BCUT2D eigenvalue weighted by molar-refractivity contribution is -0.118. The quantitative estimate of drug-likeness (QED) is 0.554. The number of amides is 1. The first-order valence-corrected chi connectivity index (χ1v) is 12.2. The zero-order chi connectivity index (χ0) is 23.0. The lowest BCUT2D eigenvalue weighted by Crippen LogP contribution is -2.36. The number of carbonyl (C=O) groups excluding carboxylic acids is 2. The smallest absolute Gasteiger partial charge is 0.338 e. The molecule has 172 valence electrons. The molecule has 0 spiro atoms. The van der Waals surface area contributed by atoms with Crippen LogP contribution in [0.1, 0.15) is 49.4 Å². The van der Waals surface area contributed by atoms with Crippen molar-refractivity contribution in [2.45, 2.75) is 50.0 Å². The first-order chi connectivity index (χ1) is 15.4. The Labute approximate surface area is 188 Å². The number of anilines is 1. The largest absolute Gasteiger partial charge is 0.484 e. The van der Waals surface area contributed by atoms with Crippen LogP contribution in [0.5, 0.6) is 5.75 Å². The molecule has 2 aromatic carbocycles. The highest BCUT2D eigenvalue weighted by molar-refractivity contribution is 7.89. The predicted molar refractivity (Wildman–Crippen MR) is 120 cm³/mol. The lowest BCUT2D eigenvalue weighted by Gasteiger charge is -2.22. The summed E-state index contributed by atoms with van der Waals surface area (Å²) in [4.78, 5) is 23.9.